The molecule has 0 aliphatic heterocycles. The molecule has 0 bridgehead atoms. The number of fused-ring (bicyclic) bond motifs is 1. The summed E-state index contributed by atoms with van der Waals surface area (Å²) in [5.41, 5.74) is 3.92. The zero-order valence-corrected chi connectivity index (χ0v) is 10.3. The first-order valence-electron chi connectivity index (χ1n) is 6.49. The molecule has 2 aromatic rings. The van der Waals surface area contributed by atoms with Crippen LogP contribution in [0.25, 0.3) is 0 Å². The van der Waals surface area contributed by atoms with Crippen LogP contribution in [-0.2, 0) is 12.8 Å². The second kappa shape index (κ2) is 5.27. The van der Waals surface area contributed by atoms with Crippen molar-refractivity contribution in [1.29, 1.82) is 0 Å². The van der Waals surface area contributed by atoms with E-state index in [0.717, 1.165) is 19.4 Å². The fraction of sp³-hybridized carbons (Fsp3) is 0.333. The number of pyridine rings is 2. The zero-order chi connectivity index (χ0) is 12.2. The molecule has 0 amide bonds. The van der Waals surface area contributed by atoms with Crippen LogP contribution in [-0.4, -0.2) is 16.5 Å². The van der Waals surface area contributed by atoms with Crippen LogP contribution < -0.4 is 5.32 Å². The predicted octanol–water partition coefficient (Wildman–Crippen LogP) is 2.30. The molecule has 3 heteroatoms. The van der Waals surface area contributed by atoms with E-state index in [4.69, 9.17) is 0 Å². The largest absolute Gasteiger partial charge is 0.308 e. The number of hydrogen-bond acceptors (Lipinski definition) is 3. The molecule has 1 N–H and O–H groups in total. The van der Waals surface area contributed by atoms with E-state index in [1.807, 2.05) is 30.7 Å². The second-order valence-corrected chi connectivity index (χ2v) is 4.70. The van der Waals surface area contributed by atoms with Crippen molar-refractivity contribution in [3.63, 3.8) is 0 Å². The maximum Gasteiger partial charge on any atom is 0.0605 e. The molecule has 3 nitrogen and oxygen atoms in total. The van der Waals surface area contributed by atoms with Crippen LogP contribution in [0.15, 0.2) is 42.9 Å². The SMILES string of the molecule is c1cncc(CCNC2CCc3cccnc32)c1. The first-order valence-corrected chi connectivity index (χ1v) is 6.49. The van der Waals surface area contributed by atoms with Crippen molar-refractivity contribution in [3.8, 4) is 0 Å². The minimum Gasteiger partial charge on any atom is -0.308 e. The minimum atomic E-state index is 0.429. The molecule has 1 aliphatic rings. The predicted molar refractivity (Wildman–Crippen MR) is 71.2 cm³/mol. The summed E-state index contributed by atoms with van der Waals surface area (Å²) in [6, 6.07) is 8.75. The highest BCUT2D eigenvalue weighted by Crippen LogP contribution is 2.28. The normalized spacial score (nSPS) is 17.7. The highest BCUT2D eigenvalue weighted by molar-refractivity contribution is 5.27. The Labute approximate surface area is 107 Å². The van der Waals surface area contributed by atoms with Gasteiger partial charge in [-0.15, -0.1) is 0 Å². The molecule has 18 heavy (non-hydrogen) atoms. The van der Waals surface area contributed by atoms with E-state index in [9.17, 15) is 0 Å². The van der Waals surface area contributed by atoms with Crippen molar-refractivity contribution >= 4 is 0 Å². The smallest absolute Gasteiger partial charge is 0.0605 e. The van der Waals surface area contributed by atoms with Gasteiger partial charge in [-0.3, -0.25) is 9.97 Å². The molecule has 0 saturated carbocycles. The van der Waals surface area contributed by atoms with Crippen molar-refractivity contribution in [1.82, 2.24) is 15.3 Å². The molecule has 1 aliphatic carbocycles. The van der Waals surface area contributed by atoms with E-state index in [0.29, 0.717) is 6.04 Å². The average molecular weight is 239 g/mol. The van der Waals surface area contributed by atoms with Crippen molar-refractivity contribution < 1.29 is 0 Å². The Morgan fingerprint density at radius 1 is 1.22 bits per heavy atom. The molecule has 1 unspecified atom stereocenters. The Morgan fingerprint density at radius 3 is 3.06 bits per heavy atom. The van der Waals surface area contributed by atoms with Gasteiger partial charge in [0.25, 0.3) is 0 Å². The number of rotatable bonds is 4. The van der Waals surface area contributed by atoms with Gasteiger partial charge in [0, 0.05) is 18.6 Å². The molecule has 0 aromatic carbocycles. The molecule has 0 radical (unpaired) electrons. The van der Waals surface area contributed by atoms with Crippen LogP contribution in [0, 0.1) is 0 Å². The van der Waals surface area contributed by atoms with Gasteiger partial charge < -0.3 is 5.32 Å². The minimum absolute atomic E-state index is 0.429. The van der Waals surface area contributed by atoms with E-state index in [1.165, 1.54) is 23.2 Å². The number of aryl methyl sites for hydroxylation is 1. The Morgan fingerprint density at radius 2 is 2.17 bits per heavy atom. The van der Waals surface area contributed by atoms with Gasteiger partial charge in [0.2, 0.25) is 0 Å². The fourth-order valence-electron chi connectivity index (χ4n) is 2.55. The average Bonchev–Trinajstić information content (AvgIpc) is 2.84. The maximum absolute atomic E-state index is 4.49. The van der Waals surface area contributed by atoms with E-state index >= 15 is 0 Å². The number of hydrogen-bond donors (Lipinski definition) is 1. The molecule has 1 atom stereocenters. The zero-order valence-electron chi connectivity index (χ0n) is 10.3. The monoisotopic (exact) mass is 239 g/mol. The Hall–Kier alpha value is -1.74. The van der Waals surface area contributed by atoms with Crippen LogP contribution in [0.1, 0.15) is 29.3 Å². The molecule has 92 valence electrons. The third-order valence-corrected chi connectivity index (χ3v) is 3.49. The van der Waals surface area contributed by atoms with Gasteiger partial charge in [-0.25, -0.2) is 0 Å². The lowest BCUT2D eigenvalue weighted by Crippen LogP contribution is -2.22. The van der Waals surface area contributed by atoms with Gasteiger partial charge >= 0.3 is 0 Å². The van der Waals surface area contributed by atoms with Crippen molar-refractivity contribution in [2.24, 2.45) is 0 Å². The molecule has 0 fully saturated rings. The molecule has 3 rings (SSSR count). The quantitative estimate of drug-likeness (QED) is 0.889. The summed E-state index contributed by atoms with van der Waals surface area (Å²) in [4.78, 5) is 8.62. The lowest BCUT2D eigenvalue weighted by atomic mass is 10.2. The summed E-state index contributed by atoms with van der Waals surface area (Å²) in [6.45, 7) is 0.979. The van der Waals surface area contributed by atoms with Crippen LogP contribution in [0.4, 0.5) is 0 Å². The lowest BCUT2D eigenvalue weighted by Gasteiger charge is -2.12. The van der Waals surface area contributed by atoms with Gasteiger partial charge in [-0.2, -0.15) is 0 Å². The van der Waals surface area contributed by atoms with E-state index < -0.39 is 0 Å². The summed E-state index contributed by atoms with van der Waals surface area (Å²) in [5, 5.41) is 3.60. The van der Waals surface area contributed by atoms with Crippen LogP contribution in [0.3, 0.4) is 0 Å². The highest BCUT2D eigenvalue weighted by atomic mass is 14.9. The van der Waals surface area contributed by atoms with Gasteiger partial charge in [0.05, 0.1) is 11.7 Å². The van der Waals surface area contributed by atoms with Crippen LogP contribution >= 0.6 is 0 Å². The standard InChI is InChI=1S/C15H17N3/c1-3-12(11-16-8-1)7-10-17-14-6-5-13-4-2-9-18-15(13)14/h1-4,8-9,11,14,17H,5-7,10H2. The Bertz CT molecular complexity index is 510. The van der Waals surface area contributed by atoms with E-state index in [-0.39, 0.29) is 0 Å². The summed E-state index contributed by atoms with van der Waals surface area (Å²) < 4.78 is 0. The molecular weight excluding hydrogens is 222 g/mol. The molecule has 2 heterocycles. The van der Waals surface area contributed by atoms with Crippen LogP contribution in [0.2, 0.25) is 0 Å². The number of nitrogens with zero attached hydrogens (tertiary/aromatic N) is 2. The Balaban J connectivity index is 1.56. The van der Waals surface area contributed by atoms with Gasteiger partial charge in [-0.05, 0) is 49.1 Å². The van der Waals surface area contributed by atoms with Gasteiger partial charge in [-0.1, -0.05) is 12.1 Å². The summed E-state index contributed by atoms with van der Waals surface area (Å²) in [6.07, 6.45) is 8.97. The van der Waals surface area contributed by atoms with E-state index in [2.05, 4.69) is 27.4 Å². The fourth-order valence-corrected chi connectivity index (χ4v) is 2.55. The summed E-state index contributed by atoms with van der Waals surface area (Å²) in [7, 11) is 0. The number of aromatic nitrogens is 2. The number of nitrogens with one attached hydrogen (secondary N) is 1. The molecule has 0 spiro atoms. The van der Waals surface area contributed by atoms with Gasteiger partial charge in [0.1, 0.15) is 0 Å². The van der Waals surface area contributed by atoms with Crippen molar-refractivity contribution in [3.05, 3.63) is 59.7 Å². The summed E-state index contributed by atoms with van der Waals surface area (Å²) in [5.74, 6) is 0. The highest BCUT2D eigenvalue weighted by Gasteiger charge is 2.22. The third-order valence-electron chi connectivity index (χ3n) is 3.49. The lowest BCUT2D eigenvalue weighted by molar-refractivity contribution is 0.524. The first kappa shape index (κ1) is 11.4. The molecular formula is C15H17N3. The van der Waals surface area contributed by atoms with Crippen molar-refractivity contribution in [2.75, 3.05) is 6.54 Å². The van der Waals surface area contributed by atoms with E-state index in [1.54, 1.807) is 0 Å². The second-order valence-electron chi connectivity index (χ2n) is 4.70. The first-order chi connectivity index (χ1) is 8.93. The van der Waals surface area contributed by atoms with Crippen molar-refractivity contribution in [2.45, 2.75) is 25.3 Å². The molecule has 2 aromatic heterocycles. The summed E-state index contributed by atoms with van der Waals surface area (Å²) >= 11 is 0. The third kappa shape index (κ3) is 2.41. The van der Waals surface area contributed by atoms with Gasteiger partial charge in [0.15, 0.2) is 0 Å². The maximum atomic E-state index is 4.49. The topological polar surface area (TPSA) is 37.8 Å². The molecule has 0 saturated heterocycles. The van der Waals surface area contributed by atoms with Crippen LogP contribution in [0.5, 0.6) is 0 Å². The Kier molecular flexibility index (Phi) is 3.33.